The van der Waals surface area contributed by atoms with Crippen molar-refractivity contribution >= 4 is 11.7 Å². The second-order valence-corrected chi connectivity index (χ2v) is 8.71. The van der Waals surface area contributed by atoms with E-state index in [2.05, 4.69) is 15.2 Å². The molecule has 178 valence electrons. The van der Waals surface area contributed by atoms with Crippen LogP contribution in [0.25, 0.3) is 11.3 Å². The number of pyridine rings is 1. The molecular weight excluding hydrogens is 438 g/mol. The van der Waals surface area contributed by atoms with E-state index in [-0.39, 0.29) is 5.91 Å². The molecule has 1 N–H and O–H groups in total. The Hall–Kier alpha value is -4.13. The molecule has 3 heterocycles. The minimum Gasteiger partial charge on any atom is -0.497 e. The van der Waals surface area contributed by atoms with Crippen LogP contribution in [0, 0.1) is 0 Å². The molecule has 1 amide bonds. The van der Waals surface area contributed by atoms with Crippen LogP contribution in [0.4, 0.5) is 5.82 Å². The molecule has 7 nitrogen and oxygen atoms in total. The van der Waals surface area contributed by atoms with Crippen molar-refractivity contribution in [1.82, 2.24) is 20.1 Å². The van der Waals surface area contributed by atoms with Gasteiger partial charge in [-0.15, -0.1) is 0 Å². The number of carbonyl (C=O) groups is 1. The molecule has 2 aromatic carbocycles. The van der Waals surface area contributed by atoms with Crippen molar-refractivity contribution in [1.29, 1.82) is 0 Å². The van der Waals surface area contributed by atoms with Gasteiger partial charge in [0, 0.05) is 37.6 Å². The lowest BCUT2D eigenvalue weighted by atomic mass is 10.1. The topological polar surface area (TPSA) is 72.3 Å². The number of amides is 1. The molecule has 0 radical (unpaired) electrons. The lowest BCUT2D eigenvalue weighted by Gasteiger charge is -2.16. The molecular formula is C28H29N5O2. The fraction of sp³-hybridized carbons (Fsp3) is 0.250. The Morgan fingerprint density at radius 1 is 1.00 bits per heavy atom. The van der Waals surface area contributed by atoms with E-state index in [1.165, 1.54) is 12.8 Å². The van der Waals surface area contributed by atoms with E-state index in [4.69, 9.17) is 9.84 Å². The minimum atomic E-state index is -0.175. The van der Waals surface area contributed by atoms with Crippen LogP contribution in [-0.4, -0.2) is 40.9 Å². The first kappa shape index (κ1) is 22.7. The first-order valence-electron chi connectivity index (χ1n) is 11.9. The molecule has 0 atom stereocenters. The molecule has 35 heavy (non-hydrogen) atoms. The van der Waals surface area contributed by atoms with E-state index in [0.29, 0.717) is 24.3 Å². The van der Waals surface area contributed by atoms with Gasteiger partial charge in [0.25, 0.3) is 5.91 Å². The highest BCUT2D eigenvalue weighted by Crippen LogP contribution is 2.26. The van der Waals surface area contributed by atoms with E-state index in [9.17, 15) is 4.79 Å². The fourth-order valence-corrected chi connectivity index (χ4v) is 4.35. The molecule has 7 heteroatoms. The third-order valence-electron chi connectivity index (χ3n) is 6.23. The van der Waals surface area contributed by atoms with Gasteiger partial charge in [0.05, 0.1) is 19.2 Å². The highest BCUT2D eigenvalue weighted by atomic mass is 16.5. The number of rotatable bonds is 8. The van der Waals surface area contributed by atoms with E-state index in [0.717, 1.165) is 41.3 Å². The van der Waals surface area contributed by atoms with Crippen molar-refractivity contribution < 1.29 is 9.53 Å². The maximum absolute atomic E-state index is 13.3. The number of carbonyl (C=O) groups excluding carboxylic acids is 1. The van der Waals surface area contributed by atoms with E-state index >= 15 is 0 Å². The summed E-state index contributed by atoms with van der Waals surface area (Å²) in [5, 5.41) is 7.81. The summed E-state index contributed by atoms with van der Waals surface area (Å²) in [6.45, 7) is 3.09. The Morgan fingerprint density at radius 3 is 2.57 bits per heavy atom. The lowest BCUT2D eigenvalue weighted by Crippen LogP contribution is -2.23. The number of methoxy groups -OCH3 is 1. The average Bonchev–Trinajstić information content (AvgIpc) is 3.59. The molecule has 0 unspecified atom stereocenters. The molecule has 1 fully saturated rings. The van der Waals surface area contributed by atoms with Gasteiger partial charge in [0.1, 0.15) is 17.3 Å². The molecule has 2 aromatic heterocycles. The highest BCUT2D eigenvalue weighted by molar-refractivity contribution is 5.99. The van der Waals surface area contributed by atoms with Gasteiger partial charge in [-0.05, 0) is 42.2 Å². The van der Waals surface area contributed by atoms with Crippen molar-refractivity contribution in [3.8, 4) is 17.0 Å². The molecule has 5 rings (SSSR count). The molecule has 0 saturated carbocycles. The first-order chi connectivity index (χ1) is 17.2. The van der Waals surface area contributed by atoms with Gasteiger partial charge >= 0.3 is 0 Å². The fourth-order valence-electron chi connectivity index (χ4n) is 4.35. The van der Waals surface area contributed by atoms with Crippen LogP contribution < -0.4 is 15.0 Å². The third kappa shape index (κ3) is 5.35. The number of aromatic nitrogens is 3. The normalized spacial score (nSPS) is 13.1. The molecule has 0 aliphatic carbocycles. The summed E-state index contributed by atoms with van der Waals surface area (Å²) in [6.07, 6.45) is 6.09. The zero-order valence-corrected chi connectivity index (χ0v) is 19.9. The molecule has 0 bridgehead atoms. The summed E-state index contributed by atoms with van der Waals surface area (Å²) in [7, 11) is 1.63. The van der Waals surface area contributed by atoms with E-state index in [1.807, 2.05) is 83.8 Å². The molecule has 0 spiro atoms. The van der Waals surface area contributed by atoms with Crippen molar-refractivity contribution in [3.05, 3.63) is 95.8 Å². The van der Waals surface area contributed by atoms with Crippen LogP contribution in [0.15, 0.2) is 79.1 Å². The minimum absolute atomic E-state index is 0.175. The second-order valence-electron chi connectivity index (χ2n) is 8.71. The van der Waals surface area contributed by atoms with E-state index < -0.39 is 0 Å². The predicted octanol–water partition coefficient (Wildman–Crippen LogP) is 4.53. The Kier molecular flexibility index (Phi) is 6.75. The summed E-state index contributed by atoms with van der Waals surface area (Å²) >= 11 is 0. The largest absolute Gasteiger partial charge is 0.497 e. The van der Waals surface area contributed by atoms with Crippen molar-refractivity contribution in [2.24, 2.45) is 0 Å². The second kappa shape index (κ2) is 10.4. The van der Waals surface area contributed by atoms with Crippen LogP contribution in [-0.2, 0) is 13.1 Å². The van der Waals surface area contributed by atoms with Crippen LogP contribution in [0.3, 0.4) is 0 Å². The summed E-state index contributed by atoms with van der Waals surface area (Å²) in [5.41, 5.74) is 4.05. The standard InChI is InChI=1S/C28H29N5O2/c1-35-24-11-7-10-23(16-24)27-25(20-33(31-27)19-21-8-3-2-4-9-21)28(34)30-18-22-12-13-26(29-17-22)32-14-5-6-15-32/h2-4,7-13,16-17,20H,5-6,14-15,18-19H2,1H3,(H,30,34). The van der Waals surface area contributed by atoms with Crippen molar-refractivity contribution in [3.63, 3.8) is 0 Å². The van der Waals surface area contributed by atoms with Crippen molar-refractivity contribution in [2.75, 3.05) is 25.1 Å². The number of benzene rings is 2. The zero-order valence-electron chi connectivity index (χ0n) is 19.9. The number of nitrogens with one attached hydrogen (secondary N) is 1. The summed E-state index contributed by atoms with van der Waals surface area (Å²) in [5.74, 6) is 1.54. The van der Waals surface area contributed by atoms with E-state index in [1.54, 1.807) is 7.11 Å². The van der Waals surface area contributed by atoms with Crippen LogP contribution in [0.5, 0.6) is 5.75 Å². The van der Waals surface area contributed by atoms with Gasteiger partial charge in [-0.25, -0.2) is 4.98 Å². The Bertz CT molecular complexity index is 1280. The number of nitrogens with zero attached hydrogens (tertiary/aromatic N) is 4. The lowest BCUT2D eigenvalue weighted by molar-refractivity contribution is 0.0951. The van der Waals surface area contributed by atoms with Gasteiger partial charge in [-0.3, -0.25) is 9.48 Å². The quantitative estimate of drug-likeness (QED) is 0.412. The summed E-state index contributed by atoms with van der Waals surface area (Å²) in [4.78, 5) is 20.2. The van der Waals surface area contributed by atoms with Gasteiger partial charge in [-0.2, -0.15) is 5.10 Å². The average molecular weight is 468 g/mol. The van der Waals surface area contributed by atoms with Gasteiger partial charge in [0.15, 0.2) is 0 Å². The maximum atomic E-state index is 13.3. The monoisotopic (exact) mass is 467 g/mol. The number of ether oxygens (including phenoxy) is 1. The van der Waals surface area contributed by atoms with Crippen LogP contribution in [0.1, 0.15) is 34.3 Å². The molecule has 1 aliphatic heterocycles. The molecule has 4 aromatic rings. The van der Waals surface area contributed by atoms with Gasteiger partial charge in [0.2, 0.25) is 0 Å². The number of hydrogen-bond acceptors (Lipinski definition) is 5. The predicted molar refractivity (Wildman–Crippen MR) is 137 cm³/mol. The summed E-state index contributed by atoms with van der Waals surface area (Å²) in [6, 6.07) is 21.8. The maximum Gasteiger partial charge on any atom is 0.255 e. The third-order valence-corrected chi connectivity index (χ3v) is 6.23. The first-order valence-corrected chi connectivity index (χ1v) is 11.9. The molecule has 1 saturated heterocycles. The SMILES string of the molecule is COc1cccc(-c2nn(Cc3ccccc3)cc2C(=O)NCc2ccc(N3CCCC3)nc2)c1. The number of hydrogen-bond donors (Lipinski definition) is 1. The van der Waals surface area contributed by atoms with Gasteiger partial charge < -0.3 is 15.0 Å². The van der Waals surface area contributed by atoms with Crippen LogP contribution in [0.2, 0.25) is 0 Å². The highest BCUT2D eigenvalue weighted by Gasteiger charge is 2.19. The smallest absolute Gasteiger partial charge is 0.255 e. The Labute approximate surface area is 205 Å². The van der Waals surface area contributed by atoms with Crippen LogP contribution >= 0.6 is 0 Å². The summed E-state index contributed by atoms with van der Waals surface area (Å²) < 4.78 is 7.20. The Balaban J connectivity index is 1.36. The molecule has 1 aliphatic rings. The zero-order chi connectivity index (χ0) is 24.0. The van der Waals surface area contributed by atoms with Crippen molar-refractivity contribution in [2.45, 2.75) is 25.9 Å². The van der Waals surface area contributed by atoms with Gasteiger partial charge in [-0.1, -0.05) is 48.5 Å². The Morgan fingerprint density at radius 2 is 1.83 bits per heavy atom. The number of anilines is 1.